The summed E-state index contributed by atoms with van der Waals surface area (Å²) in [6.45, 7) is 5.33. The van der Waals surface area contributed by atoms with Gasteiger partial charge in [-0.1, -0.05) is 12.1 Å². The van der Waals surface area contributed by atoms with Gasteiger partial charge in [-0.15, -0.1) is 0 Å². The van der Waals surface area contributed by atoms with Gasteiger partial charge >= 0.3 is 0 Å². The van der Waals surface area contributed by atoms with Crippen molar-refractivity contribution in [2.75, 3.05) is 50.5 Å². The number of pyridine rings is 2. The number of fused-ring (bicyclic) bond motifs is 1. The number of nitrogens with zero attached hydrogens (tertiary/aromatic N) is 6. The summed E-state index contributed by atoms with van der Waals surface area (Å²) in [5.41, 5.74) is 4.13. The molecule has 6 rings (SSSR count). The van der Waals surface area contributed by atoms with Crippen LogP contribution in [0.3, 0.4) is 0 Å². The van der Waals surface area contributed by atoms with Gasteiger partial charge in [0.1, 0.15) is 5.82 Å². The third kappa shape index (κ3) is 5.49. The first-order chi connectivity index (χ1) is 19.2. The first kappa shape index (κ1) is 24.7. The zero-order chi connectivity index (χ0) is 26.6. The lowest BCUT2D eigenvalue weighted by atomic mass is 10.1. The standard InChI is InChI=1S/C28H29N9O2/c1-29-28-31-15-21(16-32-28)24-14-20-6-7-30-27(38)25(20)26(35-24)34-23-4-2-19(3-5-23)22-17-33-37(18-22)9-8-36-10-12-39-13-11-36/h2-7,14-18H,8-13H2,1H3,(H,30,38)(H,34,35)(H,29,31,32). The van der Waals surface area contributed by atoms with Crippen molar-refractivity contribution in [3.8, 4) is 22.4 Å². The third-order valence-electron chi connectivity index (χ3n) is 6.79. The number of rotatable bonds is 8. The van der Waals surface area contributed by atoms with Crippen molar-refractivity contribution in [1.29, 1.82) is 0 Å². The van der Waals surface area contributed by atoms with Crippen molar-refractivity contribution < 1.29 is 4.74 Å². The van der Waals surface area contributed by atoms with Crippen LogP contribution in [0, 0.1) is 0 Å². The Hall–Kier alpha value is -4.61. The smallest absolute Gasteiger partial charge is 0.259 e. The number of ether oxygens (including phenoxy) is 1. The number of morpholine rings is 1. The zero-order valence-electron chi connectivity index (χ0n) is 21.6. The van der Waals surface area contributed by atoms with Crippen molar-refractivity contribution in [3.05, 3.63) is 77.7 Å². The van der Waals surface area contributed by atoms with Crippen LogP contribution in [0.15, 0.2) is 72.2 Å². The van der Waals surface area contributed by atoms with E-state index in [0.717, 1.165) is 67.2 Å². The highest BCUT2D eigenvalue weighted by atomic mass is 16.5. The van der Waals surface area contributed by atoms with Gasteiger partial charge in [0.25, 0.3) is 5.56 Å². The van der Waals surface area contributed by atoms with Crippen LogP contribution in [0.4, 0.5) is 17.5 Å². The van der Waals surface area contributed by atoms with Gasteiger partial charge in [-0.25, -0.2) is 15.0 Å². The molecule has 0 radical (unpaired) electrons. The number of nitrogens with one attached hydrogen (secondary N) is 3. The highest BCUT2D eigenvalue weighted by Gasteiger charge is 2.13. The lowest BCUT2D eigenvalue weighted by Crippen LogP contribution is -2.38. The number of hydrogen-bond donors (Lipinski definition) is 3. The number of H-pyrrole nitrogens is 1. The molecule has 0 bridgehead atoms. The SMILES string of the molecule is CNc1ncc(-c2cc3cc[nH]c(=O)c3c(Nc3ccc(-c4cnn(CCN5CCOCC5)c4)cc3)n2)cn1. The van der Waals surface area contributed by atoms with Gasteiger partial charge in [0.2, 0.25) is 5.95 Å². The van der Waals surface area contributed by atoms with Crippen LogP contribution in [0.2, 0.25) is 0 Å². The number of anilines is 3. The van der Waals surface area contributed by atoms with E-state index in [4.69, 9.17) is 9.72 Å². The van der Waals surface area contributed by atoms with E-state index in [1.807, 2.05) is 47.3 Å². The van der Waals surface area contributed by atoms with E-state index in [-0.39, 0.29) is 5.56 Å². The Kier molecular flexibility index (Phi) is 6.98. The number of hydrogen-bond acceptors (Lipinski definition) is 9. The van der Waals surface area contributed by atoms with E-state index < -0.39 is 0 Å². The summed E-state index contributed by atoms with van der Waals surface area (Å²) in [6, 6.07) is 11.7. The van der Waals surface area contributed by atoms with E-state index in [9.17, 15) is 4.79 Å². The first-order valence-electron chi connectivity index (χ1n) is 12.9. The maximum absolute atomic E-state index is 12.7. The molecule has 0 amide bonds. The predicted molar refractivity (Wildman–Crippen MR) is 151 cm³/mol. The molecule has 1 fully saturated rings. The van der Waals surface area contributed by atoms with Crippen LogP contribution >= 0.6 is 0 Å². The van der Waals surface area contributed by atoms with Crippen molar-refractivity contribution in [2.24, 2.45) is 0 Å². The molecule has 5 heterocycles. The number of aromatic nitrogens is 6. The largest absolute Gasteiger partial charge is 0.379 e. The third-order valence-corrected chi connectivity index (χ3v) is 6.79. The fourth-order valence-corrected chi connectivity index (χ4v) is 4.63. The molecule has 198 valence electrons. The van der Waals surface area contributed by atoms with Gasteiger partial charge in [-0.2, -0.15) is 5.10 Å². The molecule has 39 heavy (non-hydrogen) atoms. The molecule has 11 nitrogen and oxygen atoms in total. The molecule has 0 spiro atoms. The van der Waals surface area contributed by atoms with Crippen LogP contribution in [-0.4, -0.2) is 74.5 Å². The minimum atomic E-state index is -0.211. The van der Waals surface area contributed by atoms with Gasteiger partial charge in [0, 0.05) is 68.3 Å². The maximum Gasteiger partial charge on any atom is 0.259 e. The highest BCUT2D eigenvalue weighted by Crippen LogP contribution is 2.28. The second-order valence-electron chi connectivity index (χ2n) is 9.32. The normalized spacial score (nSPS) is 14.0. The molecule has 1 aliphatic rings. The predicted octanol–water partition coefficient (Wildman–Crippen LogP) is 3.36. The summed E-state index contributed by atoms with van der Waals surface area (Å²) >= 11 is 0. The molecule has 1 aliphatic heterocycles. The first-order valence-corrected chi connectivity index (χ1v) is 12.9. The summed E-state index contributed by atoms with van der Waals surface area (Å²) in [4.78, 5) is 31.2. The fraction of sp³-hybridized carbons (Fsp3) is 0.250. The summed E-state index contributed by atoms with van der Waals surface area (Å²) in [5.74, 6) is 0.989. The van der Waals surface area contributed by atoms with E-state index >= 15 is 0 Å². The quantitative estimate of drug-likeness (QED) is 0.281. The van der Waals surface area contributed by atoms with Crippen LogP contribution in [-0.2, 0) is 11.3 Å². The average molecular weight is 524 g/mol. The van der Waals surface area contributed by atoms with Crippen molar-refractivity contribution in [2.45, 2.75) is 6.54 Å². The summed E-state index contributed by atoms with van der Waals surface area (Å²) in [5, 5.41) is 12.0. The lowest BCUT2D eigenvalue weighted by molar-refractivity contribution is 0.0360. The van der Waals surface area contributed by atoms with Crippen molar-refractivity contribution in [3.63, 3.8) is 0 Å². The Balaban J connectivity index is 1.22. The fourth-order valence-electron chi connectivity index (χ4n) is 4.63. The number of aromatic amines is 1. The monoisotopic (exact) mass is 523 g/mol. The van der Waals surface area contributed by atoms with Gasteiger partial charge < -0.3 is 20.4 Å². The van der Waals surface area contributed by atoms with Gasteiger partial charge in [0.15, 0.2) is 0 Å². The molecule has 5 aromatic rings. The highest BCUT2D eigenvalue weighted by molar-refractivity contribution is 5.95. The molecule has 0 atom stereocenters. The second-order valence-corrected chi connectivity index (χ2v) is 9.32. The zero-order valence-corrected chi connectivity index (χ0v) is 21.6. The molecular formula is C28H29N9O2. The molecule has 11 heteroatoms. The molecular weight excluding hydrogens is 494 g/mol. The summed E-state index contributed by atoms with van der Waals surface area (Å²) in [6.07, 6.45) is 9.01. The van der Waals surface area contributed by atoms with Crippen LogP contribution in [0.25, 0.3) is 33.2 Å². The van der Waals surface area contributed by atoms with E-state index in [0.29, 0.717) is 22.8 Å². The van der Waals surface area contributed by atoms with Crippen LogP contribution < -0.4 is 16.2 Å². The maximum atomic E-state index is 12.7. The minimum Gasteiger partial charge on any atom is -0.379 e. The van der Waals surface area contributed by atoms with Crippen LogP contribution in [0.5, 0.6) is 0 Å². The van der Waals surface area contributed by atoms with Gasteiger partial charge in [-0.05, 0) is 35.2 Å². The topological polar surface area (TPSA) is 126 Å². The van der Waals surface area contributed by atoms with E-state index in [2.05, 4.69) is 41.8 Å². The summed E-state index contributed by atoms with van der Waals surface area (Å²) in [7, 11) is 1.77. The summed E-state index contributed by atoms with van der Waals surface area (Å²) < 4.78 is 7.41. The average Bonchev–Trinajstić information content (AvgIpc) is 3.46. The van der Waals surface area contributed by atoms with E-state index in [1.54, 1.807) is 25.6 Å². The molecule has 4 aromatic heterocycles. The molecule has 3 N–H and O–H groups in total. The van der Waals surface area contributed by atoms with Crippen molar-refractivity contribution in [1.82, 2.24) is 34.6 Å². The molecule has 1 aromatic carbocycles. The Morgan fingerprint density at radius 3 is 2.54 bits per heavy atom. The Morgan fingerprint density at radius 2 is 1.77 bits per heavy atom. The Morgan fingerprint density at radius 1 is 0.974 bits per heavy atom. The molecule has 0 aliphatic carbocycles. The van der Waals surface area contributed by atoms with Gasteiger partial charge in [-0.3, -0.25) is 14.4 Å². The minimum absolute atomic E-state index is 0.211. The Bertz CT molecular complexity index is 1620. The molecule has 0 saturated carbocycles. The second kappa shape index (κ2) is 11.0. The lowest BCUT2D eigenvalue weighted by Gasteiger charge is -2.26. The van der Waals surface area contributed by atoms with Gasteiger partial charge in [0.05, 0.1) is 37.0 Å². The molecule has 1 saturated heterocycles. The van der Waals surface area contributed by atoms with E-state index in [1.165, 1.54) is 0 Å². The van der Waals surface area contributed by atoms with Crippen molar-refractivity contribution >= 4 is 28.2 Å². The number of benzene rings is 1. The Labute approximate surface area is 224 Å². The van der Waals surface area contributed by atoms with Crippen LogP contribution in [0.1, 0.15) is 0 Å². The molecule has 0 unspecified atom stereocenters.